The molecule has 0 aliphatic heterocycles. The maximum Gasteiger partial charge on any atom is 0.146 e. The van der Waals surface area contributed by atoms with Crippen LogP contribution < -0.4 is 10.6 Å². The molecule has 0 amide bonds. The van der Waals surface area contributed by atoms with E-state index in [0.717, 1.165) is 37.6 Å². The minimum absolute atomic E-state index is 0.137. The summed E-state index contributed by atoms with van der Waals surface area (Å²) in [5.74, 6) is 1.57. The van der Waals surface area contributed by atoms with Gasteiger partial charge in [-0.15, -0.1) is 0 Å². The second kappa shape index (κ2) is 7.16. The van der Waals surface area contributed by atoms with Crippen molar-refractivity contribution in [1.82, 2.24) is 9.97 Å². The molecule has 0 spiro atoms. The van der Waals surface area contributed by atoms with Crippen molar-refractivity contribution in [1.29, 1.82) is 0 Å². The lowest BCUT2D eigenvalue weighted by Crippen LogP contribution is -2.24. The lowest BCUT2D eigenvalue weighted by atomic mass is 9.88. The summed E-state index contributed by atoms with van der Waals surface area (Å²) in [5.41, 5.74) is 0.137. The Morgan fingerprint density at radius 1 is 1.22 bits per heavy atom. The van der Waals surface area contributed by atoms with Gasteiger partial charge in [-0.05, 0) is 25.2 Å². The zero-order valence-corrected chi connectivity index (χ0v) is 11.5. The highest BCUT2D eigenvalue weighted by molar-refractivity contribution is 5.41. The van der Waals surface area contributed by atoms with Crippen LogP contribution in [-0.4, -0.2) is 34.8 Å². The summed E-state index contributed by atoms with van der Waals surface area (Å²) >= 11 is 0. The fraction of sp³-hybridized carbons (Fsp3) is 0.692. The number of aliphatic hydroxyl groups is 1. The first-order valence-electron chi connectivity index (χ1n) is 6.48. The van der Waals surface area contributed by atoms with Gasteiger partial charge >= 0.3 is 0 Å². The van der Waals surface area contributed by atoms with Gasteiger partial charge in [-0.1, -0.05) is 13.8 Å². The van der Waals surface area contributed by atoms with Crippen LogP contribution in [0.1, 0.15) is 33.6 Å². The molecule has 0 atom stereocenters. The van der Waals surface area contributed by atoms with Crippen LogP contribution in [0.3, 0.4) is 0 Å². The number of anilines is 2. The van der Waals surface area contributed by atoms with Crippen LogP contribution in [-0.2, 0) is 0 Å². The summed E-state index contributed by atoms with van der Waals surface area (Å²) in [5, 5.41) is 15.3. The Hall–Kier alpha value is -1.36. The molecule has 0 saturated carbocycles. The zero-order valence-electron chi connectivity index (χ0n) is 11.5. The van der Waals surface area contributed by atoms with Gasteiger partial charge in [0.05, 0.1) is 12.4 Å². The number of hydrogen-bond donors (Lipinski definition) is 3. The van der Waals surface area contributed by atoms with Crippen molar-refractivity contribution >= 4 is 11.6 Å². The third-order valence-corrected chi connectivity index (χ3v) is 2.75. The second-order valence-electron chi connectivity index (χ2n) is 5.16. The molecular weight excluding hydrogens is 228 g/mol. The normalized spacial score (nSPS) is 11.3. The van der Waals surface area contributed by atoms with Crippen molar-refractivity contribution in [3.63, 3.8) is 0 Å². The van der Waals surface area contributed by atoms with Gasteiger partial charge in [0.2, 0.25) is 0 Å². The van der Waals surface area contributed by atoms with Crippen LogP contribution in [0.2, 0.25) is 0 Å². The van der Waals surface area contributed by atoms with Crippen molar-refractivity contribution in [2.45, 2.75) is 33.6 Å². The molecule has 0 aromatic carbocycles. The molecule has 1 rings (SSSR count). The summed E-state index contributed by atoms with van der Waals surface area (Å²) in [4.78, 5) is 8.55. The Labute approximate surface area is 109 Å². The number of nitrogens with zero attached hydrogens (tertiary/aromatic N) is 2. The molecular formula is C13H24N4O. The van der Waals surface area contributed by atoms with Gasteiger partial charge in [-0.25, -0.2) is 4.98 Å². The molecule has 0 saturated heterocycles. The third kappa shape index (κ3) is 5.31. The topological polar surface area (TPSA) is 70.1 Å². The van der Waals surface area contributed by atoms with E-state index in [1.807, 2.05) is 6.92 Å². The predicted octanol–water partition coefficient (Wildman–Crippen LogP) is 2.12. The molecule has 0 bridgehead atoms. The Balaban J connectivity index is 2.49. The van der Waals surface area contributed by atoms with Crippen molar-refractivity contribution in [2.24, 2.45) is 5.41 Å². The molecule has 102 valence electrons. The third-order valence-electron chi connectivity index (χ3n) is 2.75. The maximum atomic E-state index is 8.86. The van der Waals surface area contributed by atoms with Gasteiger partial charge in [-0.2, -0.15) is 0 Å². The van der Waals surface area contributed by atoms with E-state index in [9.17, 15) is 0 Å². The number of aliphatic hydroxyl groups excluding tert-OH is 1. The molecule has 1 heterocycles. The zero-order chi connectivity index (χ0) is 13.4. The van der Waals surface area contributed by atoms with Crippen molar-refractivity contribution < 1.29 is 5.11 Å². The number of aromatic nitrogens is 2. The van der Waals surface area contributed by atoms with E-state index in [4.69, 9.17) is 5.11 Å². The highest BCUT2D eigenvalue weighted by atomic mass is 16.2. The number of rotatable bonds is 8. The van der Waals surface area contributed by atoms with E-state index in [0.29, 0.717) is 0 Å². The minimum Gasteiger partial charge on any atom is -0.396 e. The van der Waals surface area contributed by atoms with Gasteiger partial charge < -0.3 is 15.7 Å². The lowest BCUT2D eigenvalue weighted by molar-refractivity contribution is 0.248. The molecule has 5 heteroatoms. The van der Waals surface area contributed by atoms with Crippen LogP contribution in [0, 0.1) is 5.41 Å². The van der Waals surface area contributed by atoms with Crippen molar-refractivity contribution in [3.05, 3.63) is 12.4 Å². The molecule has 0 radical (unpaired) electrons. The lowest BCUT2D eigenvalue weighted by Gasteiger charge is -2.24. The van der Waals surface area contributed by atoms with Gasteiger partial charge in [0, 0.05) is 19.7 Å². The van der Waals surface area contributed by atoms with E-state index < -0.39 is 0 Å². The first kappa shape index (κ1) is 14.7. The van der Waals surface area contributed by atoms with Crippen LogP contribution in [0.25, 0.3) is 0 Å². The first-order chi connectivity index (χ1) is 8.57. The average molecular weight is 252 g/mol. The van der Waals surface area contributed by atoms with Crippen LogP contribution in [0.15, 0.2) is 12.4 Å². The summed E-state index contributed by atoms with van der Waals surface area (Å²) in [6, 6.07) is 0. The molecule has 5 nitrogen and oxygen atoms in total. The monoisotopic (exact) mass is 252 g/mol. The standard InChI is InChI=1S/C13H24N4O/c1-4-15-11-8-14-9-12(17-11)16-10-13(2,3)6-5-7-18/h8-9,18H,4-7,10H2,1-3H3,(H2,15,16,17). The smallest absolute Gasteiger partial charge is 0.146 e. The van der Waals surface area contributed by atoms with Gasteiger partial charge in [0.1, 0.15) is 11.6 Å². The molecule has 0 aliphatic rings. The summed E-state index contributed by atoms with van der Waals surface area (Å²) in [6.07, 6.45) is 5.25. The minimum atomic E-state index is 0.137. The number of nitrogens with one attached hydrogen (secondary N) is 2. The fourth-order valence-electron chi connectivity index (χ4n) is 1.69. The van der Waals surface area contributed by atoms with Crippen LogP contribution in [0.4, 0.5) is 11.6 Å². The molecule has 18 heavy (non-hydrogen) atoms. The highest BCUT2D eigenvalue weighted by Gasteiger charge is 2.17. The van der Waals surface area contributed by atoms with Crippen molar-refractivity contribution in [3.8, 4) is 0 Å². The van der Waals surface area contributed by atoms with Gasteiger partial charge in [0.15, 0.2) is 0 Å². The van der Waals surface area contributed by atoms with E-state index in [1.54, 1.807) is 12.4 Å². The summed E-state index contributed by atoms with van der Waals surface area (Å²) in [7, 11) is 0. The fourth-order valence-corrected chi connectivity index (χ4v) is 1.69. The predicted molar refractivity (Wildman–Crippen MR) is 74.8 cm³/mol. The Morgan fingerprint density at radius 2 is 1.89 bits per heavy atom. The highest BCUT2D eigenvalue weighted by Crippen LogP contribution is 2.22. The first-order valence-corrected chi connectivity index (χ1v) is 6.48. The Kier molecular flexibility index (Phi) is 5.85. The maximum absolute atomic E-state index is 8.86. The van der Waals surface area contributed by atoms with E-state index in [-0.39, 0.29) is 12.0 Å². The van der Waals surface area contributed by atoms with Crippen LogP contribution in [0.5, 0.6) is 0 Å². The molecule has 1 aromatic rings. The second-order valence-corrected chi connectivity index (χ2v) is 5.16. The van der Waals surface area contributed by atoms with Crippen molar-refractivity contribution in [2.75, 3.05) is 30.3 Å². The summed E-state index contributed by atoms with van der Waals surface area (Å²) in [6.45, 7) is 8.28. The van der Waals surface area contributed by atoms with Gasteiger partial charge in [0.25, 0.3) is 0 Å². The van der Waals surface area contributed by atoms with E-state index in [2.05, 4.69) is 34.4 Å². The van der Waals surface area contributed by atoms with E-state index >= 15 is 0 Å². The van der Waals surface area contributed by atoms with E-state index in [1.165, 1.54) is 0 Å². The molecule has 0 unspecified atom stereocenters. The quantitative estimate of drug-likeness (QED) is 0.661. The van der Waals surface area contributed by atoms with Crippen LogP contribution >= 0.6 is 0 Å². The molecule has 0 aliphatic carbocycles. The molecule has 3 N–H and O–H groups in total. The largest absolute Gasteiger partial charge is 0.396 e. The molecule has 0 fully saturated rings. The average Bonchev–Trinajstić information content (AvgIpc) is 2.35. The van der Waals surface area contributed by atoms with Gasteiger partial charge in [-0.3, -0.25) is 4.98 Å². The molecule has 1 aromatic heterocycles. The Bertz CT molecular complexity index is 355. The Morgan fingerprint density at radius 3 is 2.50 bits per heavy atom. The number of hydrogen-bond acceptors (Lipinski definition) is 5. The SMILES string of the molecule is CCNc1cncc(NCC(C)(C)CCCO)n1. The summed E-state index contributed by atoms with van der Waals surface area (Å²) < 4.78 is 0.